The zero-order valence-electron chi connectivity index (χ0n) is 20.6. The third kappa shape index (κ3) is 4.00. The maximum Gasteiger partial charge on any atom is 0.143 e. The van der Waals surface area contributed by atoms with Gasteiger partial charge in [0.15, 0.2) is 0 Å². The molecule has 5 nitrogen and oxygen atoms in total. The number of nitrogens with zero attached hydrogens (tertiary/aromatic N) is 4. The monoisotopic (exact) mass is 492 g/mol. The average Bonchev–Trinajstić information content (AvgIpc) is 3.42. The number of anilines is 3. The van der Waals surface area contributed by atoms with Crippen molar-refractivity contribution in [3.05, 3.63) is 139 Å². The summed E-state index contributed by atoms with van der Waals surface area (Å²) in [6, 6.07) is 39.4. The molecule has 0 radical (unpaired) electrons. The number of hydrogen-bond donors (Lipinski definition) is 0. The van der Waals surface area contributed by atoms with E-state index in [0.717, 1.165) is 56.4 Å². The zero-order valence-corrected chi connectivity index (χ0v) is 20.6. The van der Waals surface area contributed by atoms with Crippen LogP contribution in [-0.2, 0) is 6.61 Å². The second kappa shape index (κ2) is 9.37. The highest BCUT2D eigenvalue weighted by Gasteiger charge is 2.24. The second-order valence-corrected chi connectivity index (χ2v) is 9.21. The summed E-state index contributed by atoms with van der Waals surface area (Å²) in [5.41, 5.74) is 9.37. The lowest BCUT2D eigenvalue weighted by Crippen LogP contribution is -2.11. The molecule has 38 heavy (non-hydrogen) atoms. The van der Waals surface area contributed by atoms with E-state index in [2.05, 4.69) is 94.0 Å². The van der Waals surface area contributed by atoms with Crippen molar-refractivity contribution in [3.63, 3.8) is 0 Å². The first-order chi connectivity index (χ1) is 18.8. The molecule has 4 aromatic carbocycles. The molecule has 0 saturated carbocycles. The summed E-state index contributed by atoms with van der Waals surface area (Å²) in [7, 11) is 0. The highest BCUT2D eigenvalue weighted by molar-refractivity contribution is 5.85. The van der Waals surface area contributed by atoms with E-state index in [1.165, 1.54) is 0 Å². The Balaban J connectivity index is 1.37. The van der Waals surface area contributed by atoms with Gasteiger partial charge in [0.25, 0.3) is 0 Å². The number of hydrogen-bond acceptors (Lipinski definition) is 4. The first kappa shape index (κ1) is 22.1. The molecule has 7 rings (SSSR count). The Kier molecular flexibility index (Phi) is 5.44. The summed E-state index contributed by atoms with van der Waals surface area (Å²) >= 11 is 0. The van der Waals surface area contributed by atoms with E-state index in [9.17, 15) is 0 Å². The lowest BCUT2D eigenvalue weighted by molar-refractivity contribution is 0.310. The van der Waals surface area contributed by atoms with Gasteiger partial charge in [0.1, 0.15) is 12.4 Å². The van der Waals surface area contributed by atoms with Crippen LogP contribution < -0.4 is 9.64 Å². The Hall–Kier alpha value is -5.16. The van der Waals surface area contributed by atoms with Crippen LogP contribution in [0, 0.1) is 0 Å². The third-order valence-electron chi connectivity index (χ3n) is 6.82. The van der Waals surface area contributed by atoms with Crippen LogP contribution in [0.2, 0.25) is 0 Å². The molecule has 0 amide bonds. The molecule has 1 aliphatic rings. The van der Waals surface area contributed by atoms with Crippen molar-refractivity contribution in [2.75, 3.05) is 4.90 Å². The summed E-state index contributed by atoms with van der Waals surface area (Å²) in [6.45, 7) is 0.499. The van der Waals surface area contributed by atoms with Crippen molar-refractivity contribution in [1.29, 1.82) is 0 Å². The molecule has 0 fully saturated rings. The fraction of sp³-hybridized carbons (Fsp3) is 0.0303. The number of fused-ring (bicyclic) bond motifs is 2. The van der Waals surface area contributed by atoms with E-state index in [1.807, 2.05) is 59.5 Å². The van der Waals surface area contributed by atoms with Crippen molar-refractivity contribution >= 4 is 17.1 Å². The van der Waals surface area contributed by atoms with E-state index >= 15 is 0 Å². The molecule has 0 spiro atoms. The molecule has 0 aliphatic carbocycles. The number of pyridine rings is 1. The van der Waals surface area contributed by atoms with Gasteiger partial charge >= 0.3 is 0 Å². The van der Waals surface area contributed by atoms with Gasteiger partial charge in [-0.25, -0.2) is 4.68 Å². The average molecular weight is 493 g/mol. The van der Waals surface area contributed by atoms with Gasteiger partial charge in [-0.3, -0.25) is 4.98 Å². The number of aromatic nitrogens is 3. The maximum absolute atomic E-state index is 6.32. The minimum Gasteiger partial charge on any atom is -0.487 e. The first-order valence-corrected chi connectivity index (χ1v) is 12.6. The normalized spacial score (nSPS) is 12.3. The van der Waals surface area contributed by atoms with Gasteiger partial charge in [-0.05, 0) is 54.1 Å². The van der Waals surface area contributed by atoms with E-state index in [-0.39, 0.29) is 0 Å². The lowest BCUT2D eigenvalue weighted by Gasteiger charge is -2.27. The molecule has 0 bridgehead atoms. The van der Waals surface area contributed by atoms with Gasteiger partial charge in [0.05, 0.1) is 29.0 Å². The highest BCUT2D eigenvalue weighted by atomic mass is 16.5. The molecule has 6 aromatic rings. The van der Waals surface area contributed by atoms with Crippen LogP contribution in [-0.4, -0.2) is 14.8 Å². The van der Waals surface area contributed by atoms with Gasteiger partial charge in [-0.2, -0.15) is 5.10 Å². The Morgan fingerprint density at radius 1 is 0.632 bits per heavy atom. The van der Waals surface area contributed by atoms with Gasteiger partial charge in [-0.1, -0.05) is 66.7 Å². The second-order valence-electron chi connectivity index (χ2n) is 9.21. The first-order valence-electron chi connectivity index (χ1n) is 12.6. The fourth-order valence-corrected chi connectivity index (χ4v) is 4.94. The van der Waals surface area contributed by atoms with Crippen LogP contribution in [0.25, 0.3) is 28.1 Å². The van der Waals surface area contributed by atoms with Crippen LogP contribution in [0.15, 0.2) is 134 Å². The fourth-order valence-electron chi connectivity index (χ4n) is 4.94. The van der Waals surface area contributed by atoms with Crippen LogP contribution >= 0.6 is 0 Å². The van der Waals surface area contributed by atoms with Crippen molar-refractivity contribution in [1.82, 2.24) is 14.8 Å². The molecule has 0 atom stereocenters. The van der Waals surface area contributed by atoms with E-state index < -0.39 is 0 Å². The van der Waals surface area contributed by atoms with E-state index in [1.54, 1.807) is 0 Å². The van der Waals surface area contributed by atoms with Crippen molar-refractivity contribution in [2.24, 2.45) is 0 Å². The molecular weight excluding hydrogens is 468 g/mol. The predicted molar refractivity (Wildman–Crippen MR) is 151 cm³/mol. The summed E-state index contributed by atoms with van der Waals surface area (Å²) in [4.78, 5) is 6.84. The Morgan fingerprint density at radius 3 is 2.37 bits per heavy atom. The van der Waals surface area contributed by atoms with Gasteiger partial charge in [-0.15, -0.1) is 0 Å². The number of ether oxygens (including phenoxy) is 1. The Morgan fingerprint density at radius 2 is 1.47 bits per heavy atom. The zero-order chi connectivity index (χ0) is 25.3. The molecular formula is C33H24N4O. The molecule has 0 unspecified atom stereocenters. The quantitative estimate of drug-likeness (QED) is 0.250. The SMILES string of the molecule is c1ccc(-c2cnn(-c3ccc4c(c3)N(c3cccc(-c5ccccn5)c3)c3ccccc3CO4)c2)cc1. The molecule has 1 aliphatic heterocycles. The Bertz CT molecular complexity index is 1730. The predicted octanol–water partition coefficient (Wildman–Crippen LogP) is 7.96. The minimum atomic E-state index is 0.499. The Labute approximate surface area is 221 Å². The summed E-state index contributed by atoms with van der Waals surface area (Å²) in [5, 5.41) is 4.68. The smallest absolute Gasteiger partial charge is 0.143 e. The molecule has 2 aromatic heterocycles. The molecule has 0 N–H and O–H groups in total. The minimum absolute atomic E-state index is 0.499. The topological polar surface area (TPSA) is 43.2 Å². The van der Waals surface area contributed by atoms with Crippen molar-refractivity contribution in [3.8, 4) is 33.8 Å². The van der Waals surface area contributed by atoms with Gasteiger partial charge in [0, 0.05) is 34.8 Å². The van der Waals surface area contributed by atoms with Crippen LogP contribution in [0.5, 0.6) is 5.75 Å². The standard InChI is InChI=1S/C33H24N4O/c1-2-9-24(10-3-1)27-21-35-36(22-27)28-16-17-33-32(20-28)37(31-15-5-4-11-26(31)23-38-33)29-13-8-12-25(19-29)30-14-6-7-18-34-30/h1-22H,23H2. The van der Waals surface area contributed by atoms with E-state index in [4.69, 9.17) is 4.74 Å². The van der Waals surface area contributed by atoms with Crippen LogP contribution in [0.4, 0.5) is 17.1 Å². The van der Waals surface area contributed by atoms with Crippen molar-refractivity contribution in [2.45, 2.75) is 6.61 Å². The van der Waals surface area contributed by atoms with Crippen molar-refractivity contribution < 1.29 is 4.74 Å². The van der Waals surface area contributed by atoms with Crippen LogP contribution in [0.1, 0.15) is 5.56 Å². The largest absolute Gasteiger partial charge is 0.487 e. The summed E-state index contributed by atoms with van der Waals surface area (Å²) < 4.78 is 8.24. The van der Waals surface area contributed by atoms with Gasteiger partial charge < -0.3 is 9.64 Å². The maximum atomic E-state index is 6.32. The van der Waals surface area contributed by atoms with Crippen LogP contribution in [0.3, 0.4) is 0 Å². The lowest BCUT2D eigenvalue weighted by atomic mass is 10.1. The summed E-state index contributed by atoms with van der Waals surface area (Å²) in [5.74, 6) is 0.823. The number of rotatable bonds is 4. The molecule has 182 valence electrons. The number of benzene rings is 4. The van der Waals surface area contributed by atoms with E-state index in [0.29, 0.717) is 6.61 Å². The highest BCUT2D eigenvalue weighted by Crippen LogP contribution is 2.45. The molecule has 5 heteroatoms. The van der Waals surface area contributed by atoms with Gasteiger partial charge in [0.2, 0.25) is 0 Å². The molecule has 0 saturated heterocycles. The summed E-state index contributed by atoms with van der Waals surface area (Å²) in [6.07, 6.45) is 5.79. The molecule has 3 heterocycles. The number of para-hydroxylation sites is 1. The third-order valence-corrected chi connectivity index (χ3v) is 6.82.